The molecule has 3 fully saturated rings. The van der Waals surface area contributed by atoms with Gasteiger partial charge in [0, 0.05) is 16.9 Å². The molecule has 2 unspecified atom stereocenters. The average Bonchev–Trinajstić information content (AvgIpc) is 3.63. The van der Waals surface area contributed by atoms with Crippen molar-refractivity contribution in [3.8, 4) is 17.3 Å². The monoisotopic (exact) mass is 471 g/mol. The summed E-state index contributed by atoms with van der Waals surface area (Å²) >= 11 is 0. The number of piperidine rings is 1. The highest BCUT2D eigenvalue weighted by Crippen LogP contribution is 2.58. The fourth-order valence-corrected chi connectivity index (χ4v) is 5.56. The summed E-state index contributed by atoms with van der Waals surface area (Å²) in [7, 11) is 0. The molecule has 3 N–H and O–H groups in total. The van der Waals surface area contributed by atoms with Crippen LogP contribution in [0.5, 0.6) is 0 Å². The number of nitrogens with zero attached hydrogens (tertiary/aromatic N) is 5. The molecule has 3 aliphatic rings. The van der Waals surface area contributed by atoms with Gasteiger partial charge in [-0.05, 0) is 50.8 Å². The van der Waals surface area contributed by atoms with Gasteiger partial charge in [0.05, 0.1) is 41.2 Å². The summed E-state index contributed by atoms with van der Waals surface area (Å²) in [5.74, 6) is -0.122. The number of halogens is 4. The van der Waals surface area contributed by atoms with Gasteiger partial charge < -0.3 is 11.1 Å². The number of fused-ring (bicyclic) bond motifs is 2. The third-order valence-electron chi connectivity index (χ3n) is 7.19. The van der Waals surface area contributed by atoms with E-state index in [0.29, 0.717) is 22.9 Å². The minimum atomic E-state index is -4.79. The Morgan fingerprint density at radius 1 is 1.24 bits per heavy atom. The van der Waals surface area contributed by atoms with Crippen LogP contribution < -0.4 is 11.1 Å². The molecule has 0 spiro atoms. The van der Waals surface area contributed by atoms with Crippen LogP contribution in [-0.2, 0) is 12.6 Å². The lowest BCUT2D eigenvalue weighted by atomic mass is 9.99. The Morgan fingerprint density at radius 3 is 2.56 bits per heavy atom. The van der Waals surface area contributed by atoms with E-state index in [1.807, 2.05) is 6.07 Å². The Bertz CT molecular complexity index is 1370. The molecule has 3 atom stereocenters. The summed E-state index contributed by atoms with van der Waals surface area (Å²) in [5.41, 5.74) is 4.44. The number of alkyl halides is 3. The van der Waals surface area contributed by atoms with Gasteiger partial charge in [0.1, 0.15) is 17.0 Å². The largest absolute Gasteiger partial charge is 0.418 e. The van der Waals surface area contributed by atoms with Crippen LogP contribution >= 0.6 is 0 Å². The quantitative estimate of drug-likeness (QED) is 0.560. The van der Waals surface area contributed by atoms with Gasteiger partial charge in [-0.3, -0.25) is 4.68 Å². The summed E-state index contributed by atoms with van der Waals surface area (Å²) in [6.45, 7) is 2.88. The number of anilines is 1. The molecule has 1 saturated heterocycles. The normalized spacial score (nSPS) is 23.8. The predicted octanol–water partition coefficient (Wildman–Crippen LogP) is 3.88. The van der Waals surface area contributed by atoms with Gasteiger partial charge in [-0.15, -0.1) is 0 Å². The van der Waals surface area contributed by atoms with E-state index in [2.05, 4.69) is 15.3 Å². The van der Waals surface area contributed by atoms with Gasteiger partial charge in [0.2, 0.25) is 0 Å². The number of nitrogens with one attached hydrogen (secondary N) is 1. The van der Waals surface area contributed by atoms with E-state index in [0.717, 1.165) is 32.0 Å². The first-order chi connectivity index (χ1) is 16.2. The molecule has 3 aromatic heterocycles. The predicted molar refractivity (Wildman–Crippen MR) is 115 cm³/mol. The first-order valence-corrected chi connectivity index (χ1v) is 11.2. The van der Waals surface area contributed by atoms with Crippen molar-refractivity contribution in [1.29, 1.82) is 5.26 Å². The lowest BCUT2D eigenvalue weighted by Crippen LogP contribution is -2.14. The van der Waals surface area contributed by atoms with Crippen LogP contribution in [0.3, 0.4) is 0 Å². The van der Waals surface area contributed by atoms with Crippen LogP contribution in [0.15, 0.2) is 6.07 Å². The van der Waals surface area contributed by atoms with Crippen LogP contribution in [0.2, 0.25) is 0 Å². The Labute approximate surface area is 192 Å². The van der Waals surface area contributed by atoms with E-state index >= 15 is 4.39 Å². The summed E-state index contributed by atoms with van der Waals surface area (Å²) in [5, 5.41) is 18.1. The second-order valence-corrected chi connectivity index (χ2v) is 9.41. The van der Waals surface area contributed by atoms with Crippen molar-refractivity contribution in [3.63, 3.8) is 0 Å². The number of hydrogen-bond donors (Lipinski definition) is 2. The highest BCUT2D eigenvalue weighted by molar-refractivity contribution is 5.90. The Morgan fingerprint density at radius 2 is 1.94 bits per heavy atom. The maximum Gasteiger partial charge on any atom is 0.418 e. The molecule has 34 heavy (non-hydrogen) atoms. The summed E-state index contributed by atoms with van der Waals surface area (Å²) < 4.78 is 59.7. The van der Waals surface area contributed by atoms with Gasteiger partial charge in [-0.2, -0.15) is 23.5 Å². The third-order valence-corrected chi connectivity index (χ3v) is 7.19. The second-order valence-electron chi connectivity index (χ2n) is 9.41. The number of hydrogen-bond acceptors (Lipinski definition) is 6. The molecule has 0 bridgehead atoms. The average molecular weight is 471 g/mol. The van der Waals surface area contributed by atoms with Crippen LogP contribution in [0, 0.1) is 35.9 Å². The number of aromatic nitrogens is 4. The summed E-state index contributed by atoms with van der Waals surface area (Å²) in [6, 6.07) is 3.02. The molecule has 3 aromatic rings. The van der Waals surface area contributed by atoms with Crippen LogP contribution in [-0.4, -0.2) is 32.8 Å². The molecule has 0 aromatic carbocycles. The molecule has 7 nitrogen and oxygen atoms in total. The van der Waals surface area contributed by atoms with Crippen molar-refractivity contribution in [2.75, 3.05) is 18.8 Å². The maximum absolute atomic E-state index is 16.2. The van der Waals surface area contributed by atoms with Crippen molar-refractivity contribution in [3.05, 3.63) is 34.5 Å². The third kappa shape index (κ3) is 3.08. The van der Waals surface area contributed by atoms with Crippen molar-refractivity contribution in [2.45, 2.75) is 44.3 Å². The van der Waals surface area contributed by atoms with Crippen LogP contribution in [0.1, 0.15) is 47.4 Å². The molecule has 1 aliphatic heterocycles. The topological polar surface area (TPSA) is 105 Å². The molecule has 0 amide bonds. The molecule has 0 radical (unpaired) electrons. The van der Waals surface area contributed by atoms with E-state index in [1.165, 1.54) is 6.92 Å². The zero-order valence-corrected chi connectivity index (χ0v) is 18.2. The van der Waals surface area contributed by atoms with Crippen molar-refractivity contribution >= 4 is 16.7 Å². The number of nitriles is 1. The lowest BCUT2D eigenvalue weighted by molar-refractivity contribution is -0.137. The zero-order chi connectivity index (χ0) is 23.9. The molecule has 6 rings (SSSR count). The van der Waals surface area contributed by atoms with Crippen molar-refractivity contribution < 1.29 is 17.6 Å². The molecule has 4 heterocycles. The molecule has 11 heteroatoms. The minimum Gasteiger partial charge on any atom is -0.384 e. The fourth-order valence-electron chi connectivity index (χ4n) is 5.56. The Balaban J connectivity index is 1.66. The van der Waals surface area contributed by atoms with E-state index in [4.69, 9.17) is 10.8 Å². The summed E-state index contributed by atoms with van der Waals surface area (Å²) in [4.78, 5) is 8.06. The second kappa shape index (κ2) is 7.12. The van der Waals surface area contributed by atoms with Crippen LogP contribution in [0.4, 0.5) is 23.4 Å². The number of aryl methyl sites for hydroxylation is 1. The summed E-state index contributed by atoms with van der Waals surface area (Å²) in [6.07, 6.45) is -3.34. The van der Waals surface area contributed by atoms with Gasteiger partial charge in [0.15, 0.2) is 5.82 Å². The molecule has 176 valence electrons. The van der Waals surface area contributed by atoms with E-state index in [9.17, 15) is 18.4 Å². The molecule has 2 saturated carbocycles. The highest BCUT2D eigenvalue weighted by atomic mass is 19.4. The van der Waals surface area contributed by atoms with Crippen LogP contribution in [0.25, 0.3) is 22.2 Å². The van der Waals surface area contributed by atoms with Crippen molar-refractivity contribution in [2.24, 2.45) is 11.8 Å². The Kier molecular flexibility index (Phi) is 4.46. The van der Waals surface area contributed by atoms with E-state index < -0.39 is 28.8 Å². The Hall–Kier alpha value is -3.26. The van der Waals surface area contributed by atoms with E-state index in [-0.39, 0.29) is 41.1 Å². The van der Waals surface area contributed by atoms with Gasteiger partial charge in [0.25, 0.3) is 0 Å². The van der Waals surface area contributed by atoms with Crippen molar-refractivity contribution in [1.82, 2.24) is 25.1 Å². The lowest BCUT2D eigenvalue weighted by Gasteiger charge is -2.17. The SMILES string of the molecule is Cc1nc(N)cc(-c2nc(CC#N)c3c(C4C5CNC[C@@H]54)nn(C4CC4)c3c2F)c1C(F)(F)F. The molecular weight excluding hydrogens is 450 g/mol. The molecule has 2 aliphatic carbocycles. The highest BCUT2D eigenvalue weighted by Gasteiger charge is 2.56. The van der Waals surface area contributed by atoms with Gasteiger partial charge in [-0.25, -0.2) is 14.4 Å². The van der Waals surface area contributed by atoms with E-state index in [1.54, 1.807) is 4.68 Å². The van der Waals surface area contributed by atoms with Gasteiger partial charge >= 0.3 is 6.18 Å². The molecular formula is C23H21F4N7. The number of rotatable bonds is 4. The first-order valence-electron chi connectivity index (χ1n) is 11.2. The number of nitrogen functional groups attached to an aromatic ring is 1. The number of nitrogens with two attached hydrogens (primary N) is 1. The standard InChI is InChI=1S/C23H21F4N7/c1-9-18(23(25,26)27)11(6-15(29)31-9)20-19(24)22-17(14(32-20)4-5-28)21(33-34(22)10-2-3-10)16-12-7-30-8-13(12)16/h6,10,12-13,16,30H,2-4,7-8H2,1H3,(H2,29,31)/t12-,13?,16?/m0/s1. The minimum absolute atomic E-state index is 0.0148. The first kappa shape index (κ1) is 21.3. The fraction of sp³-hybridized carbons (Fsp3) is 0.478. The zero-order valence-electron chi connectivity index (χ0n) is 18.2. The smallest absolute Gasteiger partial charge is 0.384 e. The maximum atomic E-state index is 16.2. The number of pyridine rings is 2. The van der Waals surface area contributed by atoms with Gasteiger partial charge in [-0.1, -0.05) is 0 Å².